The van der Waals surface area contributed by atoms with Crippen molar-refractivity contribution >= 4 is 16.9 Å². The lowest BCUT2D eigenvalue weighted by atomic mass is 9.87. The third-order valence-electron chi connectivity index (χ3n) is 4.75. The monoisotopic (exact) mass is 320 g/mol. The SMILES string of the molecule is CCn1nnc2cc(C(=O)NC3CCCc4ccccc43)ccc21. The topological polar surface area (TPSA) is 59.8 Å². The molecular formula is C19H20N4O. The number of carbonyl (C=O) groups excluding carboxylic acids is 1. The lowest BCUT2D eigenvalue weighted by molar-refractivity contribution is 0.0933. The molecule has 0 bridgehead atoms. The fraction of sp³-hybridized carbons (Fsp3) is 0.316. The first kappa shape index (κ1) is 14.9. The van der Waals surface area contributed by atoms with E-state index in [1.165, 1.54) is 11.1 Å². The molecule has 122 valence electrons. The highest BCUT2D eigenvalue weighted by molar-refractivity contribution is 5.97. The summed E-state index contributed by atoms with van der Waals surface area (Å²) in [5.41, 5.74) is 4.94. The molecule has 0 radical (unpaired) electrons. The van der Waals surface area contributed by atoms with Crippen LogP contribution in [0, 0.1) is 0 Å². The zero-order chi connectivity index (χ0) is 16.5. The number of fused-ring (bicyclic) bond motifs is 2. The fourth-order valence-electron chi connectivity index (χ4n) is 3.49. The number of amides is 1. The second-order valence-electron chi connectivity index (χ2n) is 6.23. The van der Waals surface area contributed by atoms with Gasteiger partial charge in [0.2, 0.25) is 0 Å². The Morgan fingerprint density at radius 3 is 3.04 bits per heavy atom. The molecule has 0 saturated heterocycles. The summed E-state index contributed by atoms with van der Waals surface area (Å²) in [6.45, 7) is 2.79. The Balaban J connectivity index is 1.59. The first-order chi connectivity index (χ1) is 11.8. The Labute approximate surface area is 140 Å². The highest BCUT2D eigenvalue weighted by Gasteiger charge is 2.22. The van der Waals surface area contributed by atoms with Crippen LogP contribution in [-0.4, -0.2) is 20.9 Å². The van der Waals surface area contributed by atoms with E-state index in [2.05, 4.69) is 33.8 Å². The minimum atomic E-state index is -0.0512. The van der Waals surface area contributed by atoms with Crippen molar-refractivity contribution in [1.82, 2.24) is 20.3 Å². The molecule has 1 aromatic heterocycles. The second kappa shape index (κ2) is 6.07. The third kappa shape index (κ3) is 2.56. The van der Waals surface area contributed by atoms with Gasteiger partial charge in [0.25, 0.3) is 5.91 Å². The predicted molar refractivity (Wildman–Crippen MR) is 92.8 cm³/mol. The van der Waals surface area contributed by atoms with Gasteiger partial charge in [0.15, 0.2) is 0 Å². The Bertz CT molecular complexity index is 899. The minimum absolute atomic E-state index is 0.0512. The number of aromatic nitrogens is 3. The molecule has 0 spiro atoms. The summed E-state index contributed by atoms with van der Waals surface area (Å²) >= 11 is 0. The Morgan fingerprint density at radius 1 is 1.29 bits per heavy atom. The molecule has 2 aromatic carbocycles. The molecule has 0 aliphatic heterocycles. The summed E-state index contributed by atoms with van der Waals surface area (Å²) in [5, 5.41) is 11.4. The summed E-state index contributed by atoms with van der Waals surface area (Å²) < 4.78 is 1.83. The zero-order valence-electron chi connectivity index (χ0n) is 13.7. The average molecular weight is 320 g/mol. The first-order valence-corrected chi connectivity index (χ1v) is 8.48. The maximum atomic E-state index is 12.7. The number of benzene rings is 2. The summed E-state index contributed by atoms with van der Waals surface area (Å²) in [6.07, 6.45) is 3.18. The number of nitrogens with one attached hydrogen (secondary N) is 1. The molecule has 0 saturated carbocycles. The van der Waals surface area contributed by atoms with Crippen LogP contribution in [-0.2, 0) is 13.0 Å². The standard InChI is InChI=1S/C19H20N4O/c1-2-23-18-11-10-14(12-17(18)21-22-23)19(24)20-16-9-5-7-13-6-3-4-8-15(13)16/h3-4,6,8,10-12,16H,2,5,7,9H2,1H3,(H,20,24). The van der Waals surface area contributed by atoms with Gasteiger partial charge >= 0.3 is 0 Å². The van der Waals surface area contributed by atoms with Crippen molar-refractivity contribution in [2.45, 2.75) is 38.8 Å². The summed E-state index contributed by atoms with van der Waals surface area (Å²) in [6, 6.07) is 14.1. The first-order valence-electron chi connectivity index (χ1n) is 8.48. The van der Waals surface area contributed by atoms with E-state index in [4.69, 9.17) is 0 Å². The molecule has 4 rings (SSSR count). The maximum Gasteiger partial charge on any atom is 0.251 e. The van der Waals surface area contributed by atoms with E-state index in [1.54, 1.807) is 0 Å². The molecule has 1 heterocycles. The second-order valence-corrected chi connectivity index (χ2v) is 6.23. The summed E-state index contributed by atoms with van der Waals surface area (Å²) in [5.74, 6) is -0.0512. The van der Waals surface area contributed by atoms with E-state index in [9.17, 15) is 4.79 Å². The van der Waals surface area contributed by atoms with Crippen molar-refractivity contribution in [3.63, 3.8) is 0 Å². The largest absolute Gasteiger partial charge is 0.345 e. The number of nitrogens with zero attached hydrogens (tertiary/aromatic N) is 3. The van der Waals surface area contributed by atoms with Gasteiger partial charge in [-0.1, -0.05) is 29.5 Å². The van der Waals surface area contributed by atoms with Gasteiger partial charge in [-0.2, -0.15) is 0 Å². The fourth-order valence-corrected chi connectivity index (χ4v) is 3.49. The van der Waals surface area contributed by atoms with Gasteiger partial charge in [-0.3, -0.25) is 4.79 Å². The molecule has 3 aromatic rings. The van der Waals surface area contributed by atoms with Gasteiger partial charge in [-0.05, 0) is 55.5 Å². The van der Waals surface area contributed by atoms with E-state index in [0.717, 1.165) is 36.8 Å². The van der Waals surface area contributed by atoms with Crippen LogP contribution >= 0.6 is 0 Å². The Hall–Kier alpha value is -2.69. The van der Waals surface area contributed by atoms with E-state index in [1.807, 2.05) is 35.9 Å². The van der Waals surface area contributed by atoms with Gasteiger partial charge in [0.1, 0.15) is 5.52 Å². The third-order valence-corrected chi connectivity index (χ3v) is 4.75. The van der Waals surface area contributed by atoms with Crippen LogP contribution in [0.1, 0.15) is 47.3 Å². The number of hydrogen-bond acceptors (Lipinski definition) is 3. The number of aryl methyl sites for hydroxylation is 2. The van der Waals surface area contributed by atoms with Crippen LogP contribution in [0.3, 0.4) is 0 Å². The van der Waals surface area contributed by atoms with Gasteiger partial charge in [0.05, 0.1) is 11.6 Å². The van der Waals surface area contributed by atoms with Crippen LogP contribution in [0.5, 0.6) is 0 Å². The number of carbonyl (C=O) groups is 1. The molecule has 1 atom stereocenters. The highest BCUT2D eigenvalue weighted by Crippen LogP contribution is 2.29. The predicted octanol–water partition coefficient (Wildman–Crippen LogP) is 3.26. The quantitative estimate of drug-likeness (QED) is 0.806. The molecule has 0 fully saturated rings. The van der Waals surface area contributed by atoms with E-state index in [-0.39, 0.29) is 11.9 Å². The lowest BCUT2D eigenvalue weighted by Crippen LogP contribution is -2.30. The molecule has 5 nitrogen and oxygen atoms in total. The molecular weight excluding hydrogens is 300 g/mol. The van der Waals surface area contributed by atoms with Crippen molar-refractivity contribution in [1.29, 1.82) is 0 Å². The van der Waals surface area contributed by atoms with E-state index < -0.39 is 0 Å². The number of rotatable bonds is 3. The minimum Gasteiger partial charge on any atom is -0.345 e. The highest BCUT2D eigenvalue weighted by atomic mass is 16.1. The Morgan fingerprint density at radius 2 is 2.17 bits per heavy atom. The van der Waals surface area contributed by atoms with Crippen molar-refractivity contribution < 1.29 is 4.79 Å². The zero-order valence-corrected chi connectivity index (χ0v) is 13.7. The summed E-state index contributed by atoms with van der Waals surface area (Å²) in [4.78, 5) is 12.7. The summed E-state index contributed by atoms with van der Waals surface area (Å²) in [7, 11) is 0. The van der Waals surface area contributed by atoms with Crippen LogP contribution in [0.2, 0.25) is 0 Å². The van der Waals surface area contributed by atoms with Crippen LogP contribution in [0.15, 0.2) is 42.5 Å². The van der Waals surface area contributed by atoms with Crippen LogP contribution in [0.25, 0.3) is 11.0 Å². The van der Waals surface area contributed by atoms with Gasteiger partial charge in [0, 0.05) is 12.1 Å². The molecule has 1 aliphatic rings. The molecule has 1 amide bonds. The van der Waals surface area contributed by atoms with Gasteiger partial charge in [-0.25, -0.2) is 4.68 Å². The average Bonchev–Trinajstić information content (AvgIpc) is 3.04. The molecule has 5 heteroatoms. The molecule has 1 aliphatic carbocycles. The smallest absolute Gasteiger partial charge is 0.251 e. The molecule has 1 N–H and O–H groups in total. The van der Waals surface area contributed by atoms with E-state index in [0.29, 0.717) is 5.56 Å². The van der Waals surface area contributed by atoms with Gasteiger partial charge < -0.3 is 5.32 Å². The molecule has 1 unspecified atom stereocenters. The molecule has 24 heavy (non-hydrogen) atoms. The lowest BCUT2D eigenvalue weighted by Gasteiger charge is -2.26. The van der Waals surface area contributed by atoms with Crippen molar-refractivity contribution in [3.05, 3.63) is 59.2 Å². The maximum absolute atomic E-state index is 12.7. The van der Waals surface area contributed by atoms with Crippen molar-refractivity contribution in [3.8, 4) is 0 Å². The van der Waals surface area contributed by atoms with Gasteiger partial charge in [-0.15, -0.1) is 5.10 Å². The van der Waals surface area contributed by atoms with Crippen molar-refractivity contribution in [2.24, 2.45) is 0 Å². The van der Waals surface area contributed by atoms with E-state index >= 15 is 0 Å². The Kier molecular flexibility index (Phi) is 3.76. The van der Waals surface area contributed by atoms with Crippen molar-refractivity contribution in [2.75, 3.05) is 0 Å². The normalized spacial score (nSPS) is 16.8. The van der Waals surface area contributed by atoms with Crippen LogP contribution in [0.4, 0.5) is 0 Å². The number of hydrogen-bond donors (Lipinski definition) is 1. The van der Waals surface area contributed by atoms with Crippen LogP contribution < -0.4 is 5.32 Å².